The summed E-state index contributed by atoms with van der Waals surface area (Å²) in [7, 11) is -4.69. The van der Waals surface area contributed by atoms with Crippen LogP contribution in [-0.2, 0) is 0 Å². The highest BCUT2D eigenvalue weighted by atomic mass is 79.9. The first-order valence-electron chi connectivity index (χ1n) is 5.88. The van der Waals surface area contributed by atoms with E-state index in [1.54, 1.807) is 0 Å². The summed E-state index contributed by atoms with van der Waals surface area (Å²) >= 11 is 9.18. The minimum absolute atomic E-state index is 0.161. The summed E-state index contributed by atoms with van der Waals surface area (Å²) in [6.07, 6.45) is 0. The smallest absolute Gasteiger partial charge is 0.139 e. The van der Waals surface area contributed by atoms with E-state index in [0.29, 0.717) is 5.02 Å². The van der Waals surface area contributed by atoms with Crippen LogP contribution in [-0.4, -0.2) is 16.0 Å². The molecule has 0 saturated carbocycles. The van der Waals surface area contributed by atoms with E-state index in [2.05, 4.69) is 32.8 Å². The molecule has 1 aromatic rings. The van der Waals surface area contributed by atoms with Crippen LogP contribution in [0, 0.1) is 10.2 Å². The Kier molecular flexibility index (Phi) is 8.56. The topological polar surface area (TPSA) is 114 Å². The lowest BCUT2D eigenvalue weighted by atomic mass is 10.1. The number of aliphatic imine (C=N–C) groups is 1. The maximum atomic E-state index is 8.60. The van der Waals surface area contributed by atoms with E-state index in [1.165, 1.54) is 0 Å². The van der Waals surface area contributed by atoms with Gasteiger partial charge in [-0.15, -0.1) is 0 Å². The molecule has 1 aromatic carbocycles. The number of hydrogen-bond donors (Lipinski definition) is 2. The lowest BCUT2D eigenvalue weighted by Gasteiger charge is -2.17. The average molecular weight is 416 g/mol. The molecule has 0 atom stereocenters. The molecule has 0 amide bonds. The molecule has 0 bridgehead atoms. The fourth-order valence-electron chi connectivity index (χ4n) is 1.16. The summed E-state index contributed by atoms with van der Waals surface area (Å²) in [5.74, 6) is 0.722. The number of hydrogen-bond acceptors (Lipinski definition) is 5. The average Bonchev–Trinajstić information content (AvgIpc) is 2.27. The van der Waals surface area contributed by atoms with Gasteiger partial charge in [0.2, 0.25) is 0 Å². The SMILES string of the molecule is C=C(Br)C(=NC(C)(C)C)Nc1ccc(Cl)cc1.[O-][Cl+3]([O-])([O-])O. The molecule has 0 spiro atoms. The third kappa shape index (κ3) is 13.0. The number of nitrogens with zero attached hydrogens (tertiary/aromatic N) is 1. The molecule has 0 aliphatic heterocycles. The maximum absolute atomic E-state index is 8.60. The minimum Gasteiger partial charge on any atom is -0.340 e. The Morgan fingerprint density at radius 1 is 1.27 bits per heavy atom. The van der Waals surface area contributed by atoms with Crippen LogP contribution in [0.4, 0.5) is 5.69 Å². The van der Waals surface area contributed by atoms with E-state index in [9.17, 15) is 0 Å². The number of benzene rings is 1. The van der Waals surface area contributed by atoms with E-state index in [4.69, 9.17) is 30.2 Å². The van der Waals surface area contributed by atoms with Crippen LogP contribution in [0.1, 0.15) is 20.8 Å². The Balaban J connectivity index is 0.000000763. The van der Waals surface area contributed by atoms with Crippen molar-refractivity contribution in [2.45, 2.75) is 26.3 Å². The summed E-state index contributed by atoms with van der Waals surface area (Å²) < 4.78 is 33.4. The van der Waals surface area contributed by atoms with Gasteiger partial charge in [0.25, 0.3) is 0 Å². The van der Waals surface area contributed by atoms with Gasteiger partial charge >= 0.3 is 0 Å². The Hall–Kier alpha value is -0.670. The first-order valence-corrected chi connectivity index (χ1v) is 8.32. The molecule has 0 radical (unpaired) electrons. The first kappa shape index (κ1) is 21.3. The van der Waals surface area contributed by atoms with Crippen molar-refractivity contribution in [2.24, 2.45) is 4.99 Å². The highest BCUT2D eigenvalue weighted by Gasteiger charge is 2.11. The molecule has 9 heteroatoms. The van der Waals surface area contributed by atoms with Crippen molar-refractivity contribution in [1.82, 2.24) is 0 Å². The Morgan fingerprint density at radius 2 is 1.68 bits per heavy atom. The number of halogens is 3. The second-order valence-electron chi connectivity index (χ2n) is 5.06. The van der Waals surface area contributed by atoms with Gasteiger partial charge in [0.15, 0.2) is 0 Å². The second kappa shape index (κ2) is 8.83. The van der Waals surface area contributed by atoms with Gasteiger partial charge in [-0.25, -0.2) is 0 Å². The summed E-state index contributed by atoms with van der Waals surface area (Å²) in [6.45, 7) is 9.95. The van der Waals surface area contributed by atoms with Crippen LogP contribution >= 0.6 is 27.5 Å². The van der Waals surface area contributed by atoms with Gasteiger partial charge < -0.3 is 5.32 Å². The molecule has 22 heavy (non-hydrogen) atoms. The number of anilines is 1. The van der Waals surface area contributed by atoms with Crippen LogP contribution in [0.25, 0.3) is 0 Å². The van der Waals surface area contributed by atoms with Gasteiger partial charge in [0.1, 0.15) is 5.84 Å². The molecule has 0 fully saturated rings. The fraction of sp³-hybridized carbons (Fsp3) is 0.308. The van der Waals surface area contributed by atoms with E-state index in [0.717, 1.165) is 16.0 Å². The lowest BCUT2D eigenvalue weighted by Crippen LogP contribution is -2.58. The van der Waals surface area contributed by atoms with E-state index in [1.807, 2.05) is 45.0 Å². The molecular formula is C13H17BrCl2N2O4. The Bertz CT molecular complexity index is 516. The van der Waals surface area contributed by atoms with Gasteiger partial charge in [0.05, 0.1) is 24.9 Å². The summed E-state index contributed by atoms with van der Waals surface area (Å²) in [5.41, 5.74) is 0.767. The van der Waals surface area contributed by atoms with E-state index in [-0.39, 0.29) is 5.54 Å². The highest BCUT2D eigenvalue weighted by Crippen LogP contribution is 2.18. The Labute approximate surface area is 145 Å². The van der Waals surface area contributed by atoms with Crippen LogP contribution in [0.3, 0.4) is 0 Å². The summed E-state index contributed by atoms with van der Waals surface area (Å²) in [5, 5.41) is 3.92. The normalized spacial score (nSPS) is 12.3. The zero-order valence-electron chi connectivity index (χ0n) is 12.3. The van der Waals surface area contributed by atoms with Crippen LogP contribution in [0.2, 0.25) is 5.02 Å². The molecule has 0 unspecified atom stereocenters. The predicted octanol–water partition coefficient (Wildman–Crippen LogP) is 0.733. The second-order valence-corrected chi connectivity index (χ2v) is 7.25. The first-order chi connectivity index (χ1) is 9.78. The van der Waals surface area contributed by atoms with Crippen molar-refractivity contribution in [3.8, 4) is 0 Å². The summed E-state index contributed by atoms with van der Waals surface area (Å²) in [6, 6.07) is 7.46. The third-order valence-corrected chi connectivity index (χ3v) is 2.44. The van der Waals surface area contributed by atoms with Crippen LogP contribution in [0.5, 0.6) is 0 Å². The zero-order valence-corrected chi connectivity index (χ0v) is 15.4. The van der Waals surface area contributed by atoms with Crippen molar-refractivity contribution < 1.29 is 28.9 Å². The van der Waals surface area contributed by atoms with Crippen LogP contribution in [0.15, 0.2) is 40.3 Å². The van der Waals surface area contributed by atoms with Crippen molar-refractivity contribution in [3.05, 3.63) is 40.3 Å². The molecule has 0 heterocycles. The predicted molar refractivity (Wildman–Crippen MR) is 82.5 cm³/mol. The largest absolute Gasteiger partial charge is 0.340 e. The summed E-state index contributed by atoms with van der Waals surface area (Å²) in [4.78, 5) is 4.55. The van der Waals surface area contributed by atoms with Gasteiger partial charge in [-0.2, -0.15) is 14.0 Å². The molecule has 0 aliphatic carbocycles. The molecule has 0 aliphatic rings. The molecule has 0 aromatic heterocycles. The van der Waals surface area contributed by atoms with Crippen LogP contribution < -0.4 is 19.3 Å². The molecular weight excluding hydrogens is 399 g/mol. The minimum atomic E-state index is -4.69. The van der Waals surface area contributed by atoms with Crippen molar-refractivity contribution in [1.29, 1.82) is 0 Å². The zero-order chi connectivity index (χ0) is 17.6. The fourth-order valence-corrected chi connectivity index (χ4v) is 1.48. The van der Waals surface area contributed by atoms with Gasteiger partial charge in [-0.05, 0) is 61.0 Å². The quantitative estimate of drug-likeness (QED) is 0.546. The highest BCUT2D eigenvalue weighted by molar-refractivity contribution is 9.12. The maximum Gasteiger partial charge on any atom is 0.139 e. The molecule has 6 nitrogen and oxygen atoms in total. The standard InChI is InChI=1S/C13H16BrClN2.ClHO4/c1-9(14)12(17-13(2,3)4)16-11-7-5-10(15)6-8-11;2-1(3,4)5/h5-8H,1H2,2-4H3,(H,16,17);(H,2,3,4,5). The van der Waals surface area contributed by atoms with Gasteiger partial charge in [-0.3, -0.25) is 4.99 Å². The van der Waals surface area contributed by atoms with Gasteiger partial charge in [0, 0.05) is 10.7 Å². The number of rotatable bonds is 2. The molecule has 0 saturated heterocycles. The van der Waals surface area contributed by atoms with E-state index >= 15 is 0 Å². The number of amidine groups is 1. The third-order valence-electron chi connectivity index (χ3n) is 1.81. The van der Waals surface area contributed by atoms with Gasteiger partial charge in [-0.1, -0.05) is 18.2 Å². The van der Waals surface area contributed by atoms with Crippen molar-refractivity contribution >= 4 is 39.1 Å². The van der Waals surface area contributed by atoms with Crippen molar-refractivity contribution in [2.75, 3.05) is 5.32 Å². The Morgan fingerprint density at radius 3 is 2.00 bits per heavy atom. The lowest BCUT2D eigenvalue weighted by molar-refractivity contribution is -1.92. The van der Waals surface area contributed by atoms with E-state index < -0.39 is 10.2 Å². The molecule has 124 valence electrons. The molecule has 1 rings (SSSR count). The van der Waals surface area contributed by atoms with Crippen molar-refractivity contribution in [3.63, 3.8) is 0 Å². The monoisotopic (exact) mass is 414 g/mol. The number of nitrogens with one attached hydrogen (secondary N) is 1. The molecule has 2 N–H and O–H groups in total.